The summed E-state index contributed by atoms with van der Waals surface area (Å²) in [6.07, 6.45) is 0.506. The number of carbonyl (C=O) groups excluding carboxylic acids is 2. The van der Waals surface area contributed by atoms with Gasteiger partial charge in [-0.2, -0.15) is 0 Å². The third-order valence-electron chi connectivity index (χ3n) is 2.76. The number of nitrogen functional groups attached to an aromatic ring is 1. The van der Waals surface area contributed by atoms with Gasteiger partial charge >= 0.3 is 5.97 Å². The third-order valence-corrected chi connectivity index (χ3v) is 3.25. The summed E-state index contributed by atoms with van der Waals surface area (Å²) in [6.45, 7) is 3.94. The van der Waals surface area contributed by atoms with Crippen LogP contribution in [-0.2, 0) is 9.53 Å². The van der Waals surface area contributed by atoms with Crippen molar-refractivity contribution in [3.8, 4) is 0 Å². The van der Waals surface area contributed by atoms with Gasteiger partial charge in [-0.1, -0.05) is 29.8 Å². The Hall–Kier alpha value is -1.56. The van der Waals surface area contributed by atoms with Gasteiger partial charge in [0.15, 0.2) is 0 Å². The zero-order valence-electron chi connectivity index (χ0n) is 11.8. The number of hydrogen-bond acceptors (Lipinski definition) is 4. The number of amides is 1. The highest BCUT2D eigenvalue weighted by Gasteiger charge is 2.24. The molecule has 3 N–H and O–H groups in total. The maximum atomic E-state index is 12.2. The molecule has 1 rings (SSSR count). The molecule has 0 heterocycles. The number of anilines is 1. The van der Waals surface area contributed by atoms with Gasteiger partial charge in [-0.05, 0) is 30.5 Å². The first-order valence-corrected chi connectivity index (χ1v) is 7.08. The molecule has 0 fully saturated rings. The molecule has 1 atom stereocenters. The molecule has 1 amide bonds. The first kappa shape index (κ1) is 16.5. The Labute approximate surface area is 127 Å². The molecule has 0 aliphatic rings. The summed E-state index contributed by atoms with van der Waals surface area (Å²) in [5, 5.41) is 2.67. The van der Waals surface area contributed by atoms with Crippen LogP contribution in [0.25, 0.3) is 0 Å². The van der Waals surface area contributed by atoms with Crippen molar-refractivity contribution in [1.29, 1.82) is 0 Å². The molecular weight excluding hydrogens is 324 g/mol. The van der Waals surface area contributed by atoms with Crippen molar-refractivity contribution in [2.24, 2.45) is 5.92 Å². The summed E-state index contributed by atoms with van der Waals surface area (Å²) in [4.78, 5) is 23.9. The minimum absolute atomic E-state index is 0.249. The van der Waals surface area contributed by atoms with Crippen LogP contribution in [0.3, 0.4) is 0 Å². The fraction of sp³-hybridized carbons (Fsp3) is 0.429. The number of hydrogen-bond donors (Lipinski definition) is 2. The van der Waals surface area contributed by atoms with Crippen molar-refractivity contribution in [3.63, 3.8) is 0 Å². The first-order chi connectivity index (χ1) is 9.35. The highest BCUT2D eigenvalue weighted by atomic mass is 79.9. The number of rotatable bonds is 5. The van der Waals surface area contributed by atoms with Gasteiger partial charge in [0.25, 0.3) is 5.91 Å². The number of ether oxygens (including phenoxy) is 1. The van der Waals surface area contributed by atoms with E-state index in [1.165, 1.54) is 7.11 Å². The minimum Gasteiger partial charge on any atom is -0.467 e. The molecule has 6 heteroatoms. The fourth-order valence-electron chi connectivity index (χ4n) is 1.79. The fourth-order valence-corrected chi connectivity index (χ4v) is 2.15. The summed E-state index contributed by atoms with van der Waals surface area (Å²) in [5.41, 5.74) is 6.47. The Morgan fingerprint density at radius 2 is 2.05 bits per heavy atom. The SMILES string of the molecule is COC(=O)C(CC(C)C)NC(=O)c1cc(Br)ccc1N. The Bertz CT molecular complexity index is 503. The lowest BCUT2D eigenvalue weighted by atomic mass is 10.0. The van der Waals surface area contributed by atoms with Crippen molar-refractivity contribution in [1.82, 2.24) is 5.32 Å². The monoisotopic (exact) mass is 342 g/mol. The first-order valence-electron chi connectivity index (χ1n) is 6.28. The number of nitrogens with two attached hydrogens (primary N) is 1. The van der Waals surface area contributed by atoms with Crippen molar-refractivity contribution in [2.45, 2.75) is 26.3 Å². The number of methoxy groups -OCH3 is 1. The van der Waals surface area contributed by atoms with Crippen molar-refractivity contribution in [3.05, 3.63) is 28.2 Å². The second-order valence-electron chi connectivity index (χ2n) is 4.91. The minimum atomic E-state index is -0.675. The van der Waals surface area contributed by atoms with E-state index in [2.05, 4.69) is 21.2 Å². The van der Waals surface area contributed by atoms with Crippen LogP contribution in [0, 0.1) is 5.92 Å². The van der Waals surface area contributed by atoms with Crippen LogP contribution >= 0.6 is 15.9 Å². The predicted molar refractivity (Wildman–Crippen MR) is 81.3 cm³/mol. The lowest BCUT2D eigenvalue weighted by molar-refractivity contribution is -0.143. The molecular formula is C14H19BrN2O3. The number of halogens is 1. The van der Waals surface area contributed by atoms with E-state index in [0.29, 0.717) is 17.7 Å². The smallest absolute Gasteiger partial charge is 0.328 e. The van der Waals surface area contributed by atoms with Crippen molar-refractivity contribution >= 4 is 33.5 Å². The molecule has 0 spiro atoms. The summed E-state index contributed by atoms with van der Waals surface area (Å²) in [6, 6.07) is 4.33. The molecule has 0 bridgehead atoms. The van der Waals surface area contributed by atoms with Crippen LogP contribution in [0.2, 0.25) is 0 Å². The average Bonchev–Trinajstić information content (AvgIpc) is 2.39. The van der Waals surface area contributed by atoms with Crippen LogP contribution in [-0.4, -0.2) is 25.0 Å². The molecule has 5 nitrogen and oxygen atoms in total. The molecule has 0 saturated heterocycles. The summed E-state index contributed by atoms with van der Waals surface area (Å²) in [5.74, 6) is -0.597. The van der Waals surface area contributed by atoms with Gasteiger partial charge in [0, 0.05) is 10.2 Å². The van der Waals surface area contributed by atoms with Gasteiger partial charge in [0.05, 0.1) is 12.7 Å². The molecule has 0 radical (unpaired) electrons. The zero-order chi connectivity index (χ0) is 15.3. The maximum Gasteiger partial charge on any atom is 0.328 e. The molecule has 1 unspecified atom stereocenters. The Morgan fingerprint density at radius 1 is 1.40 bits per heavy atom. The number of nitrogens with one attached hydrogen (secondary N) is 1. The molecule has 0 aliphatic heterocycles. The second kappa shape index (κ2) is 7.28. The standard InChI is InChI=1S/C14H19BrN2O3/c1-8(2)6-12(14(19)20-3)17-13(18)10-7-9(15)4-5-11(10)16/h4-5,7-8,12H,6,16H2,1-3H3,(H,17,18). The molecule has 110 valence electrons. The number of carbonyl (C=O) groups is 2. The third kappa shape index (κ3) is 4.52. The van der Waals surface area contributed by atoms with Gasteiger partial charge in [-0.3, -0.25) is 4.79 Å². The van der Waals surface area contributed by atoms with Gasteiger partial charge in [-0.25, -0.2) is 4.79 Å². The van der Waals surface area contributed by atoms with Crippen LogP contribution < -0.4 is 11.1 Å². The van der Waals surface area contributed by atoms with Crippen LogP contribution in [0.15, 0.2) is 22.7 Å². The van der Waals surface area contributed by atoms with Gasteiger partial charge in [0.1, 0.15) is 6.04 Å². The molecule has 0 aromatic heterocycles. The van der Waals surface area contributed by atoms with Crippen LogP contribution in [0.4, 0.5) is 5.69 Å². The van der Waals surface area contributed by atoms with Gasteiger partial charge in [0.2, 0.25) is 0 Å². The summed E-state index contributed by atoms with van der Waals surface area (Å²) >= 11 is 3.29. The van der Waals surface area contributed by atoms with E-state index in [9.17, 15) is 9.59 Å². The van der Waals surface area contributed by atoms with Crippen LogP contribution in [0.5, 0.6) is 0 Å². The van der Waals surface area contributed by atoms with Gasteiger partial charge in [-0.15, -0.1) is 0 Å². The highest BCUT2D eigenvalue weighted by molar-refractivity contribution is 9.10. The van der Waals surface area contributed by atoms with Crippen LogP contribution in [0.1, 0.15) is 30.6 Å². The van der Waals surface area contributed by atoms with E-state index in [-0.39, 0.29) is 11.8 Å². The highest BCUT2D eigenvalue weighted by Crippen LogP contribution is 2.19. The molecule has 1 aromatic carbocycles. The zero-order valence-corrected chi connectivity index (χ0v) is 13.4. The Balaban J connectivity index is 2.90. The van der Waals surface area contributed by atoms with Crippen molar-refractivity contribution in [2.75, 3.05) is 12.8 Å². The number of benzene rings is 1. The van der Waals surface area contributed by atoms with Gasteiger partial charge < -0.3 is 15.8 Å². The van der Waals surface area contributed by atoms with E-state index in [4.69, 9.17) is 10.5 Å². The molecule has 0 aliphatic carbocycles. The van der Waals surface area contributed by atoms with E-state index >= 15 is 0 Å². The Morgan fingerprint density at radius 3 is 2.60 bits per heavy atom. The van der Waals surface area contributed by atoms with E-state index < -0.39 is 12.0 Å². The maximum absolute atomic E-state index is 12.2. The largest absolute Gasteiger partial charge is 0.467 e. The second-order valence-corrected chi connectivity index (χ2v) is 5.83. The molecule has 1 aromatic rings. The topological polar surface area (TPSA) is 81.4 Å². The quantitative estimate of drug-likeness (QED) is 0.635. The number of esters is 1. The van der Waals surface area contributed by atoms with E-state index in [1.807, 2.05) is 13.8 Å². The van der Waals surface area contributed by atoms with Crippen molar-refractivity contribution < 1.29 is 14.3 Å². The van der Waals surface area contributed by atoms with E-state index in [0.717, 1.165) is 4.47 Å². The molecule has 20 heavy (non-hydrogen) atoms. The molecule has 0 saturated carbocycles. The average molecular weight is 343 g/mol. The normalized spacial score (nSPS) is 12.1. The summed E-state index contributed by atoms with van der Waals surface area (Å²) < 4.78 is 5.46. The summed E-state index contributed by atoms with van der Waals surface area (Å²) in [7, 11) is 1.30. The van der Waals surface area contributed by atoms with E-state index in [1.54, 1.807) is 18.2 Å². The lowest BCUT2D eigenvalue weighted by Crippen LogP contribution is -2.42. The lowest BCUT2D eigenvalue weighted by Gasteiger charge is -2.18. The Kier molecular flexibility index (Phi) is 6.01. The predicted octanol–water partition coefficient (Wildman–Crippen LogP) is 2.35.